The Bertz CT molecular complexity index is 999. The van der Waals surface area contributed by atoms with Crippen LogP contribution < -0.4 is 21.0 Å². The third kappa shape index (κ3) is 6.84. The van der Waals surface area contributed by atoms with Crippen molar-refractivity contribution in [2.45, 2.75) is 46.1 Å². The SMILES string of the molecule is CCCc1cc(=O)oc2cc(OCC(=O)NCC(=O)N[C@H](C(=O)O)[C@@H](C)CC)ccc12. The van der Waals surface area contributed by atoms with Gasteiger partial charge in [0.2, 0.25) is 5.91 Å². The van der Waals surface area contributed by atoms with Crippen molar-refractivity contribution in [2.75, 3.05) is 13.2 Å². The van der Waals surface area contributed by atoms with Crippen molar-refractivity contribution in [2.24, 2.45) is 5.92 Å². The summed E-state index contributed by atoms with van der Waals surface area (Å²) in [5, 5.41) is 14.8. The summed E-state index contributed by atoms with van der Waals surface area (Å²) >= 11 is 0. The zero-order valence-electron chi connectivity index (χ0n) is 17.9. The fourth-order valence-electron chi connectivity index (χ4n) is 3.06. The first-order chi connectivity index (χ1) is 14.7. The Hall–Kier alpha value is -3.36. The van der Waals surface area contributed by atoms with Gasteiger partial charge in [0.05, 0.1) is 6.54 Å². The number of fused-ring (bicyclic) bond motifs is 1. The van der Waals surface area contributed by atoms with E-state index in [0.717, 1.165) is 23.8 Å². The van der Waals surface area contributed by atoms with Crippen molar-refractivity contribution < 1.29 is 28.6 Å². The molecule has 1 heterocycles. The van der Waals surface area contributed by atoms with E-state index in [1.54, 1.807) is 25.1 Å². The molecule has 2 aromatic rings. The molecule has 1 aromatic heterocycles. The molecule has 31 heavy (non-hydrogen) atoms. The maximum atomic E-state index is 12.0. The van der Waals surface area contributed by atoms with Crippen LogP contribution in [0.15, 0.2) is 33.5 Å². The zero-order valence-corrected chi connectivity index (χ0v) is 17.9. The Labute approximate surface area is 179 Å². The molecule has 1 aromatic carbocycles. The lowest BCUT2D eigenvalue weighted by Crippen LogP contribution is -2.48. The maximum absolute atomic E-state index is 12.0. The van der Waals surface area contributed by atoms with Crippen molar-refractivity contribution >= 4 is 28.8 Å². The highest BCUT2D eigenvalue weighted by Crippen LogP contribution is 2.23. The molecule has 0 fully saturated rings. The highest BCUT2D eigenvalue weighted by atomic mass is 16.5. The molecule has 0 spiro atoms. The van der Waals surface area contributed by atoms with Gasteiger partial charge in [0.25, 0.3) is 5.91 Å². The maximum Gasteiger partial charge on any atom is 0.336 e. The van der Waals surface area contributed by atoms with Crippen LogP contribution in [0.3, 0.4) is 0 Å². The van der Waals surface area contributed by atoms with Gasteiger partial charge in [-0.25, -0.2) is 9.59 Å². The zero-order chi connectivity index (χ0) is 23.0. The van der Waals surface area contributed by atoms with Crippen LogP contribution in [0.5, 0.6) is 5.75 Å². The number of hydrogen-bond acceptors (Lipinski definition) is 6. The van der Waals surface area contributed by atoms with Crippen LogP contribution in [-0.2, 0) is 20.8 Å². The third-order valence-corrected chi connectivity index (χ3v) is 4.93. The first-order valence-corrected chi connectivity index (χ1v) is 10.2. The first kappa shape index (κ1) is 23.9. The van der Waals surface area contributed by atoms with Crippen LogP contribution in [0.25, 0.3) is 11.0 Å². The molecule has 0 aliphatic heterocycles. The highest BCUT2D eigenvalue weighted by Gasteiger charge is 2.25. The van der Waals surface area contributed by atoms with Gasteiger partial charge in [0.15, 0.2) is 6.61 Å². The molecule has 3 N–H and O–H groups in total. The number of nitrogens with one attached hydrogen (secondary N) is 2. The summed E-state index contributed by atoms with van der Waals surface area (Å²) in [6, 6.07) is 5.44. The Kier molecular flexibility index (Phi) is 8.60. The molecule has 2 rings (SSSR count). The molecule has 2 amide bonds. The van der Waals surface area contributed by atoms with E-state index in [4.69, 9.17) is 9.15 Å². The Morgan fingerprint density at radius 3 is 2.55 bits per heavy atom. The van der Waals surface area contributed by atoms with Crippen LogP contribution in [-0.4, -0.2) is 42.1 Å². The number of benzene rings is 1. The molecular weight excluding hydrogens is 404 g/mol. The Balaban J connectivity index is 1.91. The van der Waals surface area contributed by atoms with E-state index in [1.165, 1.54) is 6.07 Å². The average molecular weight is 432 g/mol. The summed E-state index contributed by atoms with van der Waals surface area (Å²) in [5.74, 6) is -2.18. The van der Waals surface area contributed by atoms with Gasteiger partial charge >= 0.3 is 11.6 Å². The molecule has 0 saturated carbocycles. The predicted octanol–water partition coefficient (Wildman–Crippen LogP) is 1.86. The number of carboxylic acid groups (broad SMARTS) is 1. The van der Waals surface area contributed by atoms with Crippen molar-refractivity contribution in [3.8, 4) is 5.75 Å². The average Bonchev–Trinajstić information content (AvgIpc) is 2.73. The number of ether oxygens (including phenoxy) is 1. The second kappa shape index (κ2) is 11.1. The highest BCUT2D eigenvalue weighted by molar-refractivity contribution is 5.88. The largest absolute Gasteiger partial charge is 0.484 e. The molecule has 0 aliphatic rings. The topological polar surface area (TPSA) is 135 Å². The number of amides is 2. The molecule has 9 heteroatoms. The summed E-state index contributed by atoms with van der Waals surface area (Å²) < 4.78 is 10.6. The van der Waals surface area contributed by atoms with E-state index in [-0.39, 0.29) is 19.1 Å². The van der Waals surface area contributed by atoms with Gasteiger partial charge < -0.3 is 24.9 Å². The van der Waals surface area contributed by atoms with E-state index in [0.29, 0.717) is 17.8 Å². The lowest BCUT2D eigenvalue weighted by atomic mass is 9.99. The second-order valence-corrected chi connectivity index (χ2v) is 7.33. The Morgan fingerprint density at radius 1 is 1.16 bits per heavy atom. The molecule has 2 atom stereocenters. The summed E-state index contributed by atoms with van der Waals surface area (Å²) in [5.41, 5.74) is 0.813. The van der Waals surface area contributed by atoms with E-state index in [9.17, 15) is 24.3 Å². The molecule has 0 bridgehead atoms. The van der Waals surface area contributed by atoms with Gasteiger partial charge in [0.1, 0.15) is 17.4 Å². The summed E-state index contributed by atoms with van der Waals surface area (Å²) in [6.45, 7) is 4.85. The van der Waals surface area contributed by atoms with E-state index >= 15 is 0 Å². The predicted molar refractivity (Wildman–Crippen MR) is 114 cm³/mol. The second-order valence-electron chi connectivity index (χ2n) is 7.33. The Morgan fingerprint density at radius 2 is 1.90 bits per heavy atom. The van der Waals surface area contributed by atoms with Crippen LogP contribution >= 0.6 is 0 Å². The smallest absolute Gasteiger partial charge is 0.336 e. The molecule has 0 saturated heterocycles. The van der Waals surface area contributed by atoms with Crippen LogP contribution in [0, 0.1) is 5.92 Å². The van der Waals surface area contributed by atoms with Gasteiger partial charge in [0, 0.05) is 17.5 Å². The van der Waals surface area contributed by atoms with Gasteiger partial charge in [-0.3, -0.25) is 9.59 Å². The normalized spacial score (nSPS) is 12.7. The molecule has 0 aliphatic carbocycles. The van der Waals surface area contributed by atoms with Crippen LogP contribution in [0.2, 0.25) is 0 Å². The number of hydrogen-bond donors (Lipinski definition) is 3. The summed E-state index contributed by atoms with van der Waals surface area (Å²) in [6.07, 6.45) is 2.21. The van der Waals surface area contributed by atoms with Crippen molar-refractivity contribution in [3.63, 3.8) is 0 Å². The summed E-state index contributed by atoms with van der Waals surface area (Å²) in [4.78, 5) is 46.9. The number of carboxylic acids is 1. The number of aryl methyl sites for hydroxylation is 1. The molecule has 0 unspecified atom stereocenters. The first-order valence-electron chi connectivity index (χ1n) is 10.2. The lowest BCUT2D eigenvalue weighted by molar-refractivity contribution is -0.143. The fraction of sp³-hybridized carbons (Fsp3) is 0.455. The number of rotatable bonds is 11. The third-order valence-electron chi connectivity index (χ3n) is 4.93. The van der Waals surface area contributed by atoms with Crippen molar-refractivity contribution in [1.82, 2.24) is 10.6 Å². The van der Waals surface area contributed by atoms with E-state index in [2.05, 4.69) is 10.6 Å². The number of carbonyl (C=O) groups is 3. The standard InChI is InChI=1S/C22H28N2O7/c1-4-6-14-9-20(27)31-17-10-15(7-8-16(14)17)30-12-19(26)23-11-18(25)24-21(22(28)29)13(3)5-2/h7-10,13,21H,4-6,11-12H2,1-3H3,(H,23,26)(H,24,25)(H,28,29)/t13-,21-/m0/s1. The van der Waals surface area contributed by atoms with Gasteiger partial charge in [-0.1, -0.05) is 33.6 Å². The number of carbonyl (C=O) groups excluding carboxylic acids is 2. The quantitative estimate of drug-likeness (QED) is 0.461. The van der Waals surface area contributed by atoms with E-state index < -0.39 is 29.5 Å². The molecule has 9 nitrogen and oxygen atoms in total. The van der Waals surface area contributed by atoms with Gasteiger partial charge in [-0.2, -0.15) is 0 Å². The minimum atomic E-state index is -1.12. The summed E-state index contributed by atoms with van der Waals surface area (Å²) in [7, 11) is 0. The molecular formula is C22H28N2O7. The van der Waals surface area contributed by atoms with Crippen LogP contribution in [0.4, 0.5) is 0 Å². The number of aliphatic carboxylic acids is 1. The monoisotopic (exact) mass is 432 g/mol. The molecule has 0 radical (unpaired) electrons. The molecule has 168 valence electrons. The fourth-order valence-corrected chi connectivity index (χ4v) is 3.06. The minimum Gasteiger partial charge on any atom is -0.484 e. The minimum absolute atomic E-state index is 0.244. The van der Waals surface area contributed by atoms with Crippen LogP contribution in [0.1, 0.15) is 39.2 Å². The van der Waals surface area contributed by atoms with Crippen molar-refractivity contribution in [3.05, 3.63) is 40.2 Å². The van der Waals surface area contributed by atoms with Crippen molar-refractivity contribution in [1.29, 1.82) is 0 Å². The van der Waals surface area contributed by atoms with Gasteiger partial charge in [-0.15, -0.1) is 0 Å². The van der Waals surface area contributed by atoms with Gasteiger partial charge in [-0.05, 0) is 30.0 Å². The lowest BCUT2D eigenvalue weighted by Gasteiger charge is -2.20. The van der Waals surface area contributed by atoms with E-state index in [1.807, 2.05) is 13.8 Å².